The van der Waals surface area contributed by atoms with Crippen molar-refractivity contribution in [2.75, 3.05) is 12.0 Å². The second-order valence-electron chi connectivity index (χ2n) is 13.0. The summed E-state index contributed by atoms with van der Waals surface area (Å²) in [6.45, 7) is 7.36. The van der Waals surface area contributed by atoms with Crippen molar-refractivity contribution in [3.63, 3.8) is 0 Å². The molecule has 0 bridgehead atoms. The van der Waals surface area contributed by atoms with Gasteiger partial charge in [0.05, 0.1) is 5.75 Å². The average molecular weight is 597 g/mol. The molecule has 0 saturated heterocycles. The molecule has 2 aromatic carbocycles. The summed E-state index contributed by atoms with van der Waals surface area (Å²) in [5, 5.41) is 12.3. The predicted molar refractivity (Wildman–Crippen MR) is 168 cm³/mol. The molecule has 0 spiro atoms. The number of sulfone groups is 1. The highest BCUT2D eigenvalue weighted by Gasteiger charge is 2.44. The van der Waals surface area contributed by atoms with E-state index in [1.165, 1.54) is 57.8 Å². The van der Waals surface area contributed by atoms with Crippen LogP contribution in [0.5, 0.6) is 0 Å². The van der Waals surface area contributed by atoms with Crippen LogP contribution in [0, 0.1) is 12.8 Å². The van der Waals surface area contributed by atoms with Crippen molar-refractivity contribution in [3.8, 4) is 11.1 Å². The summed E-state index contributed by atoms with van der Waals surface area (Å²) in [6.07, 6.45) is 12.6. The number of carboxylic acid groups (broad SMARTS) is 1. The van der Waals surface area contributed by atoms with Crippen molar-refractivity contribution in [1.29, 1.82) is 0 Å². The summed E-state index contributed by atoms with van der Waals surface area (Å²) in [7, 11) is -3.37. The normalized spacial score (nSPS) is 18.0. The molecule has 1 atom stereocenters. The van der Waals surface area contributed by atoms with Crippen LogP contribution in [0.15, 0.2) is 42.5 Å². The summed E-state index contributed by atoms with van der Waals surface area (Å²) in [4.78, 5) is 28.1. The van der Waals surface area contributed by atoms with Gasteiger partial charge in [-0.1, -0.05) is 62.4 Å². The van der Waals surface area contributed by atoms with E-state index in [4.69, 9.17) is 0 Å². The Bertz CT molecular complexity index is 1360. The summed E-state index contributed by atoms with van der Waals surface area (Å²) < 4.78 is 23.3. The number of aliphatic carboxylic acids is 1. The predicted octanol–water partition coefficient (Wildman–Crippen LogP) is 6.38. The van der Waals surface area contributed by atoms with E-state index < -0.39 is 27.8 Å². The van der Waals surface area contributed by atoms with Crippen LogP contribution in [-0.2, 0) is 21.2 Å². The minimum absolute atomic E-state index is 0.190. The molecule has 0 heterocycles. The molecule has 230 valence electrons. The van der Waals surface area contributed by atoms with Gasteiger partial charge in [-0.25, -0.2) is 13.2 Å². The van der Waals surface area contributed by atoms with E-state index >= 15 is 0 Å². The highest BCUT2D eigenvalue weighted by molar-refractivity contribution is 7.90. The van der Waals surface area contributed by atoms with Gasteiger partial charge in [-0.05, 0) is 93.2 Å². The minimum Gasteiger partial charge on any atom is -0.480 e. The fraction of sp³-hybridized carbons (Fsp3) is 0.588. The molecule has 0 aliphatic heterocycles. The Hall–Kier alpha value is -2.71. The molecule has 4 rings (SSSR count). The third kappa shape index (κ3) is 8.01. The maximum atomic E-state index is 13.5. The Morgan fingerprint density at radius 2 is 1.71 bits per heavy atom. The number of nitrogens with zero attached hydrogens (tertiary/aromatic N) is 1. The number of amides is 1. The summed E-state index contributed by atoms with van der Waals surface area (Å²) in [5.41, 5.74) is 4.43. The standard InChI is InChI=1S/C34H48N2O5S/c1-24(2)36(34(18-10-19-34)22-26-12-6-5-7-13-26)23-27-15-16-29(30(21-27)28-14-9-8-11-25(28)3)32(37)35-31(33(38)39)17-20-42(4,40)41/h8-9,11,14-16,21,24,26,31H,5-7,10,12-13,17-20,22-23H2,1-4H3,(H,35,37)(H,38,39)/t31-/m0/s1. The lowest BCUT2D eigenvalue weighted by molar-refractivity contribution is -0.139. The van der Waals surface area contributed by atoms with Crippen LogP contribution >= 0.6 is 0 Å². The molecule has 0 unspecified atom stereocenters. The van der Waals surface area contributed by atoms with Crippen LogP contribution in [0.3, 0.4) is 0 Å². The first kappa shape index (κ1) is 32.2. The Morgan fingerprint density at radius 1 is 1.02 bits per heavy atom. The number of rotatable bonds is 13. The van der Waals surface area contributed by atoms with E-state index in [9.17, 15) is 23.1 Å². The molecular formula is C34H48N2O5S. The highest BCUT2D eigenvalue weighted by atomic mass is 32.2. The molecule has 2 aromatic rings. The van der Waals surface area contributed by atoms with E-state index in [1.54, 1.807) is 6.07 Å². The van der Waals surface area contributed by atoms with Crippen molar-refractivity contribution >= 4 is 21.7 Å². The number of carbonyl (C=O) groups excluding carboxylic acids is 1. The SMILES string of the molecule is Cc1ccccc1-c1cc(CN(C(C)C)C2(CC3CCCCC3)CCC2)ccc1C(=O)N[C@@H](CCS(C)(=O)=O)C(=O)O. The van der Waals surface area contributed by atoms with Crippen LogP contribution in [-0.4, -0.2) is 59.9 Å². The lowest BCUT2D eigenvalue weighted by Gasteiger charge is -2.54. The first-order valence-corrected chi connectivity index (χ1v) is 17.6. The van der Waals surface area contributed by atoms with E-state index in [2.05, 4.69) is 30.1 Å². The Labute approximate surface area is 252 Å². The molecule has 0 aromatic heterocycles. The Balaban J connectivity index is 1.64. The van der Waals surface area contributed by atoms with Crippen LogP contribution < -0.4 is 5.32 Å². The van der Waals surface area contributed by atoms with Crippen LogP contribution in [0.1, 0.15) is 99.5 Å². The molecule has 8 heteroatoms. The van der Waals surface area contributed by atoms with Crippen molar-refractivity contribution in [2.45, 2.75) is 109 Å². The number of benzene rings is 2. The van der Waals surface area contributed by atoms with Crippen molar-refractivity contribution in [1.82, 2.24) is 10.2 Å². The summed E-state index contributed by atoms with van der Waals surface area (Å²) in [5.74, 6) is -1.29. The van der Waals surface area contributed by atoms with Gasteiger partial charge in [0, 0.05) is 29.9 Å². The van der Waals surface area contributed by atoms with Gasteiger partial charge in [0.1, 0.15) is 15.9 Å². The monoisotopic (exact) mass is 596 g/mol. The van der Waals surface area contributed by atoms with Gasteiger partial charge < -0.3 is 10.4 Å². The van der Waals surface area contributed by atoms with E-state index in [0.717, 1.165) is 41.0 Å². The zero-order valence-electron chi connectivity index (χ0n) is 25.7. The van der Waals surface area contributed by atoms with E-state index in [-0.39, 0.29) is 17.7 Å². The molecule has 2 aliphatic rings. The number of nitrogens with one attached hydrogen (secondary N) is 1. The highest BCUT2D eigenvalue weighted by Crippen LogP contribution is 2.47. The second-order valence-corrected chi connectivity index (χ2v) is 15.2. The van der Waals surface area contributed by atoms with Crippen LogP contribution in [0.25, 0.3) is 11.1 Å². The number of carbonyl (C=O) groups is 2. The first-order chi connectivity index (χ1) is 19.9. The largest absolute Gasteiger partial charge is 0.480 e. The van der Waals surface area contributed by atoms with Crippen molar-refractivity contribution in [3.05, 3.63) is 59.2 Å². The van der Waals surface area contributed by atoms with Gasteiger partial charge in [0.15, 0.2) is 0 Å². The fourth-order valence-corrected chi connectivity index (χ4v) is 7.69. The van der Waals surface area contributed by atoms with Gasteiger partial charge in [0.2, 0.25) is 0 Å². The number of hydrogen-bond acceptors (Lipinski definition) is 5. The van der Waals surface area contributed by atoms with Gasteiger partial charge >= 0.3 is 5.97 Å². The molecule has 42 heavy (non-hydrogen) atoms. The van der Waals surface area contributed by atoms with Gasteiger partial charge in [-0.3, -0.25) is 9.69 Å². The molecule has 7 nitrogen and oxygen atoms in total. The number of aryl methyl sites for hydroxylation is 1. The molecule has 2 N–H and O–H groups in total. The Morgan fingerprint density at radius 3 is 2.29 bits per heavy atom. The van der Waals surface area contributed by atoms with Gasteiger partial charge in [-0.15, -0.1) is 0 Å². The van der Waals surface area contributed by atoms with Gasteiger partial charge in [-0.2, -0.15) is 0 Å². The molecule has 0 radical (unpaired) electrons. The lowest BCUT2D eigenvalue weighted by Crippen LogP contribution is -2.57. The summed E-state index contributed by atoms with van der Waals surface area (Å²) >= 11 is 0. The zero-order chi connectivity index (χ0) is 30.5. The topological polar surface area (TPSA) is 104 Å². The molecule has 1 amide bonds. The second kappa shape index (κ2) is 13.7. The molecule has 2 aliphatic carbocycles. The third-order valence-corrected chi connectivity index (χ3v) is 10.4. The molecule has 2 fully saturated rings. The van der Waals surface area contributed by atoms with Crippen LogP contribution in [0.2, 0.25) is 0 Å². The zero-order valence-corrected chi connectivity index (χ0v) is 26.5. The van der Waals surface area contributed by atoms with Gasteiger partial charge in [0.25, 0.3) is 5.91 Å². The minimum atomic E-state index is -3.37. The summed E-state index contributed by atoms with van der Waals surface area (Å²) in [6, 6.07) is 12.9. The smallest absolute Gasteiger partial charge is 0.326 e. The van der Waals surface area contributed by atoms with E-state index in [1.807, 2.05) is 37.3 Å². The average Bonchev–Trinajstić information content (AvgIpc) is 2.91. The first-order valence-electron chi connectivity index (χ1n) is 15.6. The lowest BCUT2D eigenvalue weighted by atomic mass is 9.67. The third-order valence-electron chi connectivity index (χ3n) is 9.41. The molecular weight excluding hydrogens is 548 g/mol. The Kier molecular flexibility index (Phi) is 10.5. The number of carboxylic acids is 1. The van der Waals surface area contributed by atoms with Crippen LogP contribution in [0.4, 0.5) is 0 Å². The quantitative estimate of drug-likeness (QED) is 0.278. The maximum Gasteiger partial charge on any atom is 0.326 e. The van der Waals surface area contributed by atoms with E-state index in [0.29, 0.717) is 11.6 Å². The molecule has 2 saturated carbocycles. The van der Waals surface area contributed by atoms with Crippen molar-refractivity contribution in [2.24, 2.45) is 5.92 Å². The fourth-order valence-electron chi connectivity index (χ4n) is 7.03. The maximum absolute atomic E-state index is 13.5. The number of hydrogen-bond donors (Lipinski definition) is 2. The van der Waals surface area contributed by atoms with Crippen molar-refractivity contribution < 1.29 is 23.1 Å².